The zero-order valence-corrected chi connectivity index (χ0v) is 16.3. The molecule has 1 heterocycles. The van der Waals surface area contributed by atoms with E-state index in [1.54, 1.807) is 0 Å². The van der Waals surface area contributed by atoms with E-state index in [2.05, 4.69) is 17.2 Å². The van der Waals surface area contributed by atoms with Gasteiger partial charge in [-0.25, -0.2) is 4.79 Å². The van der Waals surface area contributed by atoms with Crippen molar-refractivity contribution in [2.45, 2.75) is 45.5 Å². The van der Waals surface area contributed by atoms with E-state index in [1.165, 1.54) is 7.11 Å². The number of hydrogen-bond acceptors (Lipinski definition) is 4. The number of unbranched alkanes of at least 4 members (excludes halogenated alkanes) is 1. The maximum Gasteiger partial charge on any atom is 0.328 e. The Kier molecular flexibility index (Phi) is 7.71. The molecule has 0 saturated heterocycles. The van der Waals surface area contributed by atoms with E-state index in [9.17, 15) is 9.59 Å². The van der Waals surface area contributed by atoms with Crippen molar-refractivity contribution in [3.63, 3.8) is 0 Å². The van der Waals surface area contributed by atoms with Gasteiger partial charge in [-0.1, -0.05) is 38.4 Å². The molecule has 0 spiro atoms. The summed E-state index contributed by atoms with van der Waals surface area (Å²) in [4.78, 5) is 30.1. The monoisotopic (exact) mass is 374 g/mol. The number of esters is 1. The van der Waals surface area contributed by atoms with Gasteiger partial charge in [-0.3, -0.25) is 9.69 Å². The number of nitrogens with one attached hydrogen (secondary N) is 2. The minimum Gasteiger partial charge on any atom is -0.467 e. The average molecular weight is 375 g/mol. The predicted molar refractivity (Wildman–Crippen MR) is 108 cm³/mol. The number of carbonyl (C=O) groups is 2. The summed E-state index contributed by atoms with van der Waals surface area (Å²) < 4.78 is 12.2. The van der Waals surface area contributed by atoms with E-state index in [0.717, 1.165) is 42.3 Å². The lowest BCUT2D eigenvalue weighted by molar-refractivity contribution is -0.145. The van der Waals surface area contributed by atoms with Gasteiger partial charge in [0.2, 0.25) is 5.91 Å². The van der Waals surface area contributed by atoms with Gasteiger partial charge in [-0.15, -0.1) is 0 Å². The highest BCUT2D eigenvalue weighted by molar-refractivity contribution is 5.87. The minimum absolute atomic E-state index is 0.198. The molecule has 2 aromatic rings. The minimum atomic E-state index is -0.735. The third-order valence-corrected chi connectivity index (χ3v) is 4.59. The van der Waals surface area contributed by atoms with Crippen molar-refractivity contribution >= 4 is 22.8 Å². The second kappa shape index (κ2) is 10.7. The van der Waals surface area contributed by atoms with Crippen LogP contribution < -0.4 is 5.32 Å². The van der Waals surface area contributed by atoms with E-state index in [0.29, 0.717) is 19.9 Å². The number of hydrogen-bond donors (Lipinski definition) is 2. The summed E-state index contributed by atoms with van der Waals surface area (Å²) in [6, 6.07) is 7.13. The largest absolute Gasteiger partial charge is 0.467 e. The molecule has 2 N–H and O–H groups in total. The molecule has 1 amide bonds. The molecule has 1 aromatic heterocycles. The molecule has 0 aliphatic heterocycles. The number of methoxy groups -OCH3 is 1. The number of nitrogens with zero attached hydrogens (tertiary/aromatic N) is 1. The van der Waals surface area contributed by atoms with Crippen molar-refractivity contribution in [2.75, 3.05) is 26.7 Å². The number of amides is 1. The molecule has 6 nitrogen and oxygen atoms in total. The van der Waals surface area contributed by atoms with Crippen LogP contribution in [-0.2, 0) is 20.7 Å². The van der Waals surface area contributed by atoms with Crippen LogP contribution in [0.2, 0.25) is 0 Å². The van der Waals surface area contributed by atoms with Crippen molar-refractivity contribution in [3.05, 3.63) is 36.0 Å². The lowest BCUT2D eigenvalue weighted by Crippen LogP contribution is -2.47. The van der Waals surface area contributed by atoms with Crippen LogP contribution in [-0.4, -0.2) is 54.5 Å². The second-order valence-corrected chi connectivity index (χ2v) is 6.69. The number of benzene rings is 1. The van der Waals surface area contributed by atoms with Gasteiger partial charge >= 0.3 is 5.97 Å². The van der Waals surface area contributed by atoms with Gasteiger partial charge in [0, 0.05) is 24.9 Å². The number of para-hydroxylation sites is 1. The highest BCUT2D eigenvalue weighted by Crippen LogP contribution is 2.19. The Balaban J connectivity index is 2.04. The maximum absolute atomic E-state index is 12.6. The number of H-pyrrole nitrogens is 1. The normalized spacial score (nSPS) is 12.8. The first kappa shape index (κ1) is 19.4. The van der Waals surface area contributed by atoms with Gasteiger partial charge in [-0.2, -0.15) is 0 Å². The molecule has 0 radical (unpaired) electrons. The highest BCUT2D eigenvalue weighted by atomic mass is 16.5. The standard InChI is InChI=1S/C21H31N3O3/c1-4-6-12-24(11-5-2)15-20(25)23-19(21(26)27-3)13-16-14-22-18-10-8-7-9-17(16)18/h7-10,14,19,22H,4-6,11-13,15H2,1-3H3,(H,23,25)/t19-/m1/s1/i2D. The number of carbonyl (C=O) groups excluding carboxylic acids is 2. The third-order valence-electron chi connectivity index (χ3n) is 4.59. The van der Waals surface area contributed by atoms with Gasteiger partial charge in [0.1, 0.15) is 6.04 Å². The molecule has 0 bridgehead atoms. The summed E-state index contributed by atoms with van der Waals surface area (Å²) >= 11 is 0. The van der Waals surface area contributed by atoms with Gasteiger partial charge in [0.25, 0.3) is 0 Å². The fourth-order valence-corrected chi connectivity index (χ4v) is 3.17. The van der Waals surface area contributed by atoms with Crippen LogP contribution in [0.1, 0.15) is 40.0 Å². The van der Waals surface area contributed by atoms with Crippen molar-refractivity contribution in [1.82, 2.24) is 15.2 Å². The smallest absolute Gasteiger partial charge is 0.328 e. The molecule has 0 aliphatic carbocycles. The van der Waals surface area contributed by atoms with E-state index in [1.807, 2.05) is 35.4 Å². The predicted octanol–water partition coefficient (Wildman–Crippen LogP) is 2.88. The molecule has 2 rings (SSSR count). The molecule has 0 saturated carbocycles. The Bertz CT molecular complexity index is 754. The highest BCUT2D eigenvalue weighted by Gasteiger charge is 2.24. The van der Waals surface area contributed by atoms with Crippen LogP contribution in [0.3, 0.4) is 0 Å². The number of rotatable bonds is 11. The Morgan fingerprint density at radius 3 is 2.85 bits per heavy atom. The zero-order chi connectivity index (χ0) is 20.4. The van der Waals surface area contributed by atoms with Crippen molar-refractivity contribution in [1.29, 1.82) is 0 Å². The maximum atomic E-state index is 12.6. The number of aromatic amines is 1. The van der Waals surface area contributed by atoms with Gasteiger partial charge in [0.15, 0.2) is 0 Å². The third kappa shape index (κ3) is 6.10. The van der Waals surface area contributed by atoms with Crippen LogP contribution in [0.5, 0.6) is 0 Å². The summed E-state index contributed by atoms with van der Waals surface area (Å²) in [7, 11) is 1.33. The van der Waals surface area contributed by atoms with Gasteiger partial charge in [0.05, 0.1) is 13.7 Å². The molecule has 27 heavy (non-hydrogen) atoms. The molecule has 148 valence electrons. The molecule has 1 atom stereocenters. The Hall–Kier alpha value is -2.34. The van der Waals surface area contributed by atoms with E-state index >= 15 is 0 Å². The van der Waals surface area contributed by atoms with Crippen molar-refractivity contribution < 1.29 is 15.7 Å². The van der Waals surface area contributed by atoms with Crippen molar-refractivity contribution in [3.8, 4) is 0 Å². The summed E-state index contributed by atoms with van der Waals surface area (Å²) in [6.45, 7) is 4.20. The molecular formula is C21H31N3O3. The second-order valence-electron chi connectivity index (χ2n) is 6.69. The first-order valence-corrected chi connectivity index (χ1v) is 9.52. The fourth-order valence-electron chi connectivity index (χ4n) is 3.17. The first-order valence-electron chi connectivity index (χ1n) is 10.2. The topological polar surface area (TPSA) is 74.4 Å². The number of fused-ring (bicyclic) bond motifs is 1. The van der Waals surface area contributed by atoms with Crippen LogP contribution in [0, 0.1) is 0 Å². The molecule has 0 aliphatic rings. The molecule has 6 heteroatoms. The SMILES string of the molecule is [2H]CCCN(CCCC)CC(=O)N[C@H](Cc1c[nH]c2ccccc12)C(=O)OC. The van der Waals surface area contributed by atoms with Gasteiger partial charge < -0.3 is 15.0 Å². The Labute approximate surface area is 162 Å². The summed E-state index contributed by atoms with van der Waals surface area (Å²) in [6.07, 6.45) is 5.01. The molecule has 1 aromatic carbocycles. The van der Waals surface area contributed by atoms with E-state index < -0.39 is 12.0 Å². The fraction of sp³-hybridized carbons (Fsp3) is 0.524. The van der Waals surface area contributed by atoms with Crippen molar-refractivity contribution in [2.24, 2.45) is 0 Å². The quantitative estimate of drug-likeness (QED) is 0.593. The summed E-state index contributed by atoms with van der Waals surface area (Å²) in [5.74, 6) is -0.652. The molecular weight excluding hydrogens is 342 g/mol. The Morgan fingerprint density at radius 2 is 2.11 bits per heavy atom. The number of ether oxygens (including phenoxy) is 1. The molecule has 0 unspecified atom stereocenters. The van der Waals surface area contributed by atoms with E-state index in [-0.39, 0.29) is 12.5 Å². The average Bonchev–Trinajstić information content (AvgIpc) is 3.11. The van der Waals surface area contributed by atoms with E-state index in [4.69, 9.17) is 6.11 Å². The summed E-state index contributed by atoms with van der Waals surface area (Å²) in [5.41, 5.74) is 1.96. The molecule has 0 fully saturated rings. The van der Waals surface area contributed by atoms with Crippen LogP contribution in [0.4, 0.5) is 0 Å². The number of aromatic nitrogens is 1. The lowest BCUT2D eigenvalue weighted by atomic mass is 10.0. The van der Waals surface area contributed by atoms with Crippen LogP contribution >= 0.6 is 0 Å². The first-order chi connectivity index (χ1) is 13.6. The van der Waals surface area contributed by atoms with Crippen LogP contribution in [0.15, 0.2) is 30.5 Å². The zero-order valence-electron chi connectivity index (χ0n) is 17.3. The van der Waals surface area contributed by atoms with Crippen LogP contribution in [0.25, 0.3) is 10.9 Å². The summed E-state index contributed by atoms with van der Waals surface area (Å²) in [5, 5.41) is 3.87. The Morgan fingerprint density at radius 1 is 1.30 bits per heavy atom. The van der Waals surface area contributed by atoms with Gasteiger partial charge in [-0.05, 0) is 37.6 Å². The lowest BCUT2D eigenvalue weighted by Gasteiger charge is -2.23.